The second-order valence-corrected chi connectivity index (χ2v) is 18.1. The molecule has 0 fully saturated rings. The largest absolute Gasteiger partial charge is 0.462 e. The van der Waals surface area contributed by atoms with Gasteiger partial charge in [0.1, 0.15) is 13.2 Å². The number of hydrogen-bond donors (Lipinski definition) is 0. The van der Waals surface area contributed by atoms with E-state index in [0.717, 1.165) is 63.7 Å². The van der Waals surface area contributed by atoms with Crippen LogP contribution in [0.15, 0.2) is 0 Å². The van der Waals surface area contributed by atoms with Crippen molar-refractivity contribution in [3.63, 3.8) is 0 Å². The third-order valence-corrected chi connectivity index (χ3v) is 12.2. The number of carbonyl (C=O) groups excluding carboxylic acids is 3. The van der Waals surface area contributed by atoms with Crippen molar-refractivity contribution in [2.45, 2.75) is 297 Å². The van der Waals surface area contributed by atoms with Crippen LogP contribution in [0.4, 0.5) is 0 Å². The van der Waals surface area contributed by atoms with Crippen LogP contribution >= 0.6 is 0 Å². The first-order chi connectivity index (χ1) is 28.4. The summed E-state index contributed by atoms with van der Waals surface area (Å²) >= 11 is 0. The van der Waals surface area contributed by atoms with Crippen LogP contribution in [0.2, 0.25) is 0 Å². The van der Waals surface area contributed by atoms with E-state index in [1.807, 2.05) is 0 Å². The molecule has 0 saturated heterocycles. The Morgan fingerprint density at radius 1 is 0.345 bits per heavy atom. The number of carbonyl (C=O) groups is 3. The Labute approximate surface area is 361 Å². The summed E-state index contributed by atoms with van der Waals surface area (Å²) in [4.78, 5) is 37.9. The zero-order valence-electron chi connectivity index (χ0n) is 39.5. The number of esters is 3. The monoisotopic (exact) mass is 821 g/mol. The molecule has 0 N–H and O–H groups in total. The van der Waals surface area contributed by atoms with E-state index in [1.54, 1.807) is 0 Å². The second-order valence-electron chi connectivity index (χ2n) is 18.1. The first kappa shape index (κ1) is 56.4. The molecule has 0 aromatic carbocycles. The van der Waals surface area contributed by atoms with Crippen LogP contribution in [0, 0.1) is 5.92 Å². The highest BCUT2D eigenvalue weighted by Gasteiger charge is 2.19. The maximum atomic E-state index is 12.8. The third kappa shape index (κ3) is 44.0. The summed E-state index contributed by atoms with van der Waals surface area (Å²) in [5.74, 6) is 0.0256. The van der Waals surface area contributed by atoms with E-state index in [-0.39, 0.29) is 31.1 Å². The lowest BCUT2D eigenvalue weighted by Gasteiger charge is -2.18. The molecule has 0 bridgehead atoms. The predicted molar refractivity (Wildman–Crippen MR) is 247 cm³/mol. The molecule has 6 nitrogen and oxygen atoms in total. The van der Waals surface area contributed by atoms with Gasteiger partial charge in [0.05, 0.1) is 0 Å². The summed E-state index contributed by atoms with van der Waals surface area (Å²) in [6.07, 6.45) is 47.9. The number of ether oxygens (including phenoxy) is 3. The third-order valence-electron chi connectivity index (χ3n) is 12.2. The van der Waals surface area contributed by atoms with Crippen molar-refractivity contribution in [2.75, 3.05) is 13.2 Å². The summed E-state index contributed by atoms with van der Waals surface area (Å²) in [7, 11) is 0. The Morgan fingerprint density at radius 2 is 0.603 bits per heavy atom. The molecule has 0 saturated carbocycles. The van der Waals surface area contributed by atoms with Crippen molar-refractivity contribution < 1.29 is 28.6 Å². The summed E-state index contributed by atoms with van der Waals surface area (Å²) in [5, 5.41) is 0. The van der Waals surface area contributed by atoms with Gasteiger partial charge in [0.2, 0.25) is 0 Å². The van der Waals surface area contributed by atoms with Crippen LogP contribution in [0.5, 0.6) is 0 Å². The Balaban J connectivity index is 4.32. The Morgan fingerprint density at radius 3 is 0.897 bits per heavy atom. The molecule has 0 spiro atoms. The first-order valence-corrected chi connectivity index (χ1v) is 25.9. The highest BCUT2D eigenvalue weighted by atomic mass is 16.6. The molecule has 1 unspecified atom stereocenters. The highest BCUT2D eigenvalue weighted by Crippen LogP contribution is 2.17. The summed E-state index contributed by atoms with van der Waals surface area (Å²) < 4.78 is 16.8. The SMILES string of the molecule is CCCCCCCCCCCCCCCC(=O)OC[C@@H](COC(=O)CCCCCCCCCCCCC(C)CC)OC(=O)CCCCCCCCCCCCCCC. The first-order valence-electron chi connectivity index (χ1n) is 25.9. The predicted octanol–water partition coefficient (Wildman–Crippen LogP) is 16.7. The molecule has 0 rings (SSSR count). The van der Waals surface area contributed by atoms with E-state index in [0.29, 0.717) is 19.3 Å². The van der Waals surface area contributed by atoms with Crippen molar-refractivity contribution in [3.05, 3.63) is 0 Å². The molecule has 2 atom stereocenters. The lowest BCUT2D eigenvalue weighted by atomic mass is 9.99. The van der Waals surface area contributed by atoms with Gasteiger partial charge in [-0.1, -0.05) is 252 Å². The number of hydrogen-bond acceptors (Lipinski definition) is 6. The molecule has 58 heavy (non-hydrogen) atoms. The minimum Gasteiger partial charge on any atom is -0.462 e. The smallest absolute Gasteiger partial charge is 0.306 e. The van der Waals surface area contributed by atoms with Gasteiger partial charge in [-0.05, 0) is 25.2 Å². The minimum absolute atomic E-state index is 0.0627. The molecule has 0 aliphatic carbocycles. The van der Waals surface area contributed by atoms with Crippen molar-refractivity contribution in [3.8, 4) is 0 Å². The zero-order chi connectivity index (χ0) is 42.4. The fourth-order valence-electron chi connectivity index (χ4n) is 7.83. The van der Waals surface area contributed by atoms with E-state index < -0.39 is 6.10 Å². The van der Waals surface area contributed by atoms with E-state index >= 15 is 0 Å². The average Bonchev–Trinajstić information content (AvgIpc) is 3.22. The van der Waals surface area contributed by atoms with Gasteiger partial charge >= 0.3 is 17.9 Å². The molecule has 0 amide bonds. The van der Waals surface area contributed by atoms with Crippen molar-refractivity contribution in [1.29, 1.82) is 0 Å². The Bertz CT molecular complexity index is 874. The molecule has 0 aromatic heterocycles. The lowest BCUT2D eigenvalue weighted by Crippen LogP contribution is -2.30. The standard InChI is InChI=1S/C52H100O6/c1-5-8-10-12-14-16-18-20-22-27-31-35-39-43-50(53)56-46-49(58-52(55)45-41-37-33-29-23-21-19-17-15-13-11-9-6-2)47-57-51(54)44-40-36-32-28-25-24-26-30-34-38-42-48(4)7-3/h48-49H,5-47H2,1-4H3/t48?,49-/m0/s1. The van der Waals surface area contributed by atoms with Crippen LogP contribution in [-0.2, 0) is 28.6 Å². The molecular weight excluding hydrogens is 721 g/mol. The highest BCUT2D eigenvalue weighted by molar-refractivity contribution is 5.71. The zero-order valence-corrected chi connectivity index (χ0v) is 39.5. The van der Waals surface area contributed by atoms with Crippen LogP contribution in [0.1, 0.15) is 291 Å². The van der Waals surface area contributed by atoms with Crippen LogP contribution < -0.4 is 0 Å². The van der Waals surface area contributed by atoms with Gasteiger partial charge in [-0.25, -0.2) is 0 Å². The van der Waals surface area contributed by atoms with Gasteiger partial charge in [-0.3, -0.25) is 14.4 Å². The van der Waals surface area contributed by atoms with E-state index in [4.69, 9.17) is 14.2 Å². The fraction of sp³-hybridized carbons (Fsp3) is 0.942. The fourth-order valence-corrected chi connectivity index (χ4v) is 7.83. The van der Waals surface area contributed by atoms with E-state index in [1.165, 1.54) is 186 Å². The molecule has 0 aliphatic rings. The molecular formula is C52H100O6. The maximum Gasteiger partial charge on any atom is 0.306 e. The molecule has 0 radical (unpaired) electrons. The summed E-state index contributed by atoms with van der Waals surface area (Å²) in [6, 6.07) is 0. The van der Waals surface area contributed by atoms with Gasteiger partial charge in [0.15, 0.2) is 6.10 Å². The maximum absolute atomic E-state index is 12.8. The number of unbranched alkanes of at least 4 members (excludes halogenated alkanes) is 33. The topological polar surface area (TPSA) is 78.9 Å². The normalized spacial score (nSPS) is 12.4. The second kappa shape index (κ2) is 46.5. The average molecular weight is 821 g/mol. The minimum atomic E-state index is -0.760. The van der Waals surface area contributed by atoms with Gasteiger partial charge in [0, 0.05) is 19.3 Å². The van der Waals surface area contributed by atoms with Crippen molar-refractivity contribution in [1.82, 2.24) is 0 Å². The molecule has 6 heteroatoms. The Kier molecular flexibility index (Phi) is 45.2. The Hall–Kier alpha value is -1.59. The van der Waals surface area contributed by atoms with E-state index in [9.17, 15) is 14.4 Å². The van der Waals surface area contributed by atoms with Gasteiger partial charge in [0.25, 0.3) is 0 Å². The van der Waals surface area contributed by atoms with Crippen LogP contribution in [0.3, 0.4) is 0 Å². The quantitative estimate of drug-likeness (QED) is 0.0346. The van der Waals surface area contributed by atoms with Crippen molar-refractivity contribution >= 4 is 17.9 Å². The molecule has 0 aromatic rings. The van der Waals surface area contributed by atoms with Gasteiger partial charge in [-0.15, -0.1) is 0 Å². The van der Waals surface area contributed by atoms with Crippen LogP contribution in [0.25, 0.3) is 0 Å². The van der Waals surface area contributed by atoms with E-state index in [2.05, 4.69) is 27.7 Å². The molecule has 344 valence electrons. The molecule has 0 heterocycles. The van der Waals surface area contributed by atoms with Gasteiger partial charge < -0.3 is 14.2 Å². The number of rotatable bonds is 47. The lowest BCUT2D eigenvalue weighted by molar-refractivity contribution is -0.167. The van der Waals surface area contributed by atoms with Gasteiger partial charge in [-0.2, -0.15) is 0 Å². The van der Waals surface area contributed by atoms with Crippen molar-refractivity contribution in [2.24, 2.45) is 5.92 Å². The van der Waals surface area contributed by atoms with Crippen LogP contribution in [-0.4, -0.2) is 37.2 Å². The summed E-state index contributed by atoms with van der Waals surface area (Å²) in [5.41, 5.74) is 0. The summed E-state index contributed by atoms with van der Waals surface area (Å²) in [6.45, 7) is 9.05. The molecule has 0 aliphatic heterocycles.